The highest BCUT2D eigenvalue weighted by molar-refractivity contribution is 5.96. The molecule has 0 saturated heterocycles. The molecule has 100 valence electrons. The van der Waals surface area contributed by atoms with Crippen molar-refractivity contribution in [2.24, 2.45) is 7.05 Å². The lowest BCUT2D eigenvalue weighted by molar-refractivity contribution is 0.0693. The number of fused-ring (bicyclic) bond motifs is 1. The van der Waals surface area contributed by atoms with Crippen molar-refractivity contribution in [3.8, 4) is 0 Å². The fraction of sp³-hybridized carbons (Fsp3) is 0.286. The lowest BCUT2D eigenvalue weighted by Gasteiger charge is -2.16. The van der Waals surface area contributed by atoms with Gasteiger partial charge in [0, 0.05) is 12.4 Å². The molecule has 1 N–H and O–H groups in total. The van der Waals surface area contributed by atoms with E-state index in [1.807, 2.05) is 0 Å². The smallest absolute Gasteiger partial charge is 0.341 e. The molecule has 0 aliphatic carbocycles. The van der Waals surface area contributed by atoms with E-state index in [1.165, 1.54) is 19.2 Å². The third-order valence-electron chi connectivity index (χ3n) is 3.19. The van der Waals surface area contributed by atoms with Crippen molar-refractivity contribution in [1.82, 2.24) is 4.57 Å². The number of hydrogen-bond acceptors (Lipinski definition) is 2. The fourth-order valence-electron chi connectivity index (χ4n) is 2.40. The number of halogens is 1. The summed E-state index contributed by atoms with van der Waals surface area (Å²) in [4.78, 5) is 23.4. The predicted octanol–water partition coefficient (Wildman–Crippen LogP) is 2.50. The standard InChI is InChI=1S/C14H14FNO3/c1-7(2)10-8-5-4-6-9(15)12(8)16(3)13(17)11(10)14(18)19/h4-7H,1-3H3,(H,18,19). The molecule has 0 radical (unpaired) electrons. The Kier molecular flexibility index (Phi) is 3.14. The molecule has 1 heterocycles. The van der Waals surface area contributed by atoms with Crippen molar-refractivity contribution in [3.05, 3.63) is 45.5 Å². The second-order valence-electron chi connectivity index (χ2n) is 4.75. The van der Waals surface area contributed by atoms with E-state index in [0.29, 0.717) is 10.9 Å². The molecule has 0 bridgehead atoms. The highest BCUT2D eigenvalue weighted by Gasteiger charge is 2.23. The van der Waals surface area contributed by atoms with E-state index >= 15 is 0 Å². The summed E-state index contributed by atoms with van der Waals surface area (Å²) in [5.74, 6) is -2.00. The normalized spacial score (nSPS) is 11.2. The van der Waals surface area contributed by atoms with Crippen LogP contribution in [0.15, 0.2) is 23.0 Å². The van der Waals surface area contributed by atoms with Gasteiger partial charge in [0.1, 0.15) is 11.4 Å². The molecule has 2 aromatic rings. The molecule has 1 aromatic heterocycles. The van der Waals surface area contributed by atoms with Gasteiger partial charge in [-0.2, -0.15) is 0 Å². The van der Waals surface area contributed by atoms with Crippen LogP contribution in [0, 0.1) is 5.82 Å². The van der Waals surface area contributed by atoms with Gasteiger partial charge in [-0.25, -0.2) is 9.18 Å². The van der Waals surface area contributed by atoms with E-state index in [4.69, 9.17) is 0 Å². The summed E-state index contributed by atoms with van der Waals surface area (Å²) in [6, 6.07) is 4.41. The summed E-state index contributed by atoms with van der Waals surface area (Å²) in [6.07, 6.45) is 0. The number of para-hydroxylation sites is 1. The van der Waals surface area contributed by atoms with Gasteiger partial charge in [-0.1, -0.05) is 26.0 Å². The number of carbonyl (C=O) groups is 1. The third-order valence-corrected chi connectivity index (χ3v) is 3.19. The van der Waals surface area contributed by atoms with Crippen molar-refractivity contribution < 1.29 is 14.3 Å². The summed E-state index contributed by atoms with van der Waals surface area (Å²) in [7, 11) is 1.38. The molecule has 19 heavy (non-hydrogen) atoms. The number of aromatic nitrogens is 1. The van der Waals surface area contributed by atoms with Gasteiger partial charge in [-0.05, 0) is 17.5 Å². The maximum atomic E-state index is 13.9. The second-order valence-corrected chi connectivity index (χ2v) is 4.75. The monoisotopic (exact) mass is 263 g/mol. The quantitative estimate of drug-likeness (QED) is 0.905. The van der Waals surface area contributed by atoms with Gasteiger partial charge in [-0.15, -0.1) is 0 Å². The molecular weight excluding hydrogens is 249 g/mol. The van der Waals surface area contributed by atoms with E-state index < -0.39 is 17.3 Å². The van der Waals surface area contributed by atoms with Crippen LogP contribution in [0.3, 0.4) is 0 Å². The Morgan fingerprint density at radius 1 is 1.37 bits per heavy atom. The molecular formula is C14H14FNO3. The van der Waals surface area contributed by atoms with E-state index in [2.05, 4.69) is 0 Å². The number of rotatable bonds is 2. The van der Waals surface area contributed by atoms with Crippen LogP contribution in [0.4, 0.5) is 4.39 Å². The Hall–Kier alpha value is -2.17. The molecule has 2 rings (SSSR count). The van der Waals surface area contributed by atoms with Gasteiger partial charge in [0.25, 0.3) is 5.56 Å². The molecule has 5 heteroatoms. The number of nitrogens with zero attached hydrogens (tertiary/aromatic N) is 1. The fourth-order valence-corrected chi connectivity index (χ4v) is 2.40. The van der Waals surface area contributed by atoms with E-state index in [1.54, 1.807) is 19.9 Å². The largest absolute Gasteiger partial charge is 0.477 e. The van der Waals surface area contributed by atoms with Crippen molar-refractivity contribution in [1.29, 1.82) is 0 Å². The zero-order valence-corrected chi connectivity index (χ0v) is 10.9. The third kappa shape index (κ3) is 1.91. The summed E-state index contributed by atoms with van der Waals surface area (Å²) >= 11 is 0. The molecule has 0 saturated carbocycles. The molecule has 0 unspecified atom stereocenters. The summed E-state index contributed by atoms with van der Waals surface area (Å²) in [5.41, 5.74) is -0.448. The number of aromatic carboxylic acids is 1. The lowest BCUT2D eigenvalue weighted by Crippen LogP contribution is -2.28. The van der Waals surface area contributed by atoms with Gasteiger partial charge in [0.05, 0.1) is 5.52 Å². The lowest BCUT2D eigenvalue weighted by atomic mass is 9.93. The van der Waals surface area contributed by atoms with Crippen molar-refractivity contribution in [2.75, 3.05) is 0 Å². The summed E-state index contributed by atoms with van der Waals surface area (Å²) in [6.45, 7) is 3.57. The predicted molar refractivity (Wildman–Crippen MR) is 70.2 cm³/mol. The molecule has 0 spiro atoms. The number of hydrogen-bond donors (Lipinski definition) is 1. The van der Waals surface area contributed by atoms with Crippen molar-refractivity contribution in [2.45, 2.75) is 19.8 Å². The first-order valence-electron chi connectivity index (χ1n) is 5.90. The van der Waals surface area contributed by atoms with Gasteiger partial charge in [0.2, 0.25) is 0 Å². The van der Waals surface area contributed by atoms with Crippen LogP contribution in [0.2, 0.25) is 0 Å². The molecule has 0 aliphatic rings. The summed E-state index contributed by atoms with van der Waals surface area (Å²) in [5, 5.41) is 9.71. The van der Waals surface area contributed by atoms with Crippen LogP contribution >= 0.6 is 0 Å². The highest BCUT2D eigenvalue weighted by Crippen LogP contribution is 2.28. The van der Waals surface area contributed by atoms with Gasteiger partial charge >= 0.3 is 5.97 Å². The first-order valence-corrected chi connectivity index (χ1v) is 5.90. The van der Waals surface area contributed by atoms with Crippen LogP contribution in [-0.4, -0.2) is 15.6 Å². The Morgan fingerprint density at radius 2 is 2.00 bits per heavy atom. The number of carboxylic acids is 1. The van der Waals surface area contributed by atoms with E-state index in [0.717, 1.165) is 4.57 Å². The zero-order valence-electron chi connectivity index (χ0n) is 10.9. The van der Waals surface area contributed by atoms with Gasteiger partial charge in [-0.3, -0.25) is 4.79 Å². The first kappa shape index (κ1) is 13.3. The SMILES string of the molecule is CC(C)c1c(C(=O)O)c(=O)n(C)c2c(F)cccc12. The van der Waals surface area contributed by atoms with Crippen LogP contribution in [-0.2, 0) is 7.05 Å². The van der Waals surface area contributed by atoms with Gasteiger partial charge in [0.15, 0.2) is 0 Å². The number of pyridine rings is 1. The molecule has 0 aliphatic heterocycles. The minimum Gasteiger partial charge on any atom is -0.477 e. The minimum atomic E-state index is -1.28. The van der Waals surface area contributed by atoms with Crippen LogP contribution in [0.5, 0.6) is 0 Å². The number of benzene rings is 1. The van der Waals surface area contributed by atoms with Crippen LogP contribution in [0.25, 0.3) is 10.9 Å². The maximum absolute atomic E-state index is 13.9. The Bertz CT molecular complexity index is 732. The minimum absolute atomic E-state index is 0.140. The topological polar surface area (TPSA) is 59.3 Å². The van der Waals surface area contributed by atoms with Crippen LogP contribution in [0.1, 0.15) is 35.7 Å². The Morgan fingerprint density at radius 3 is 2.53 bits per heavy atom. The number of aryl methyl sites for hydroxylation is 1. The highest BCUT2D eigenvalue weighted by atomic mass is 19.1. The molecule has 4 nitrogen and oxygen atoms in total. The average molecular weight is 263 g/mol. The molecule has 0 amide bonds. The van der Waals surface area contributed by atoms with Crippen molar-refractivity contribution in [3.63, 3.8) is 0 Å². The zero-order chi connectivity index (χ0) is 14.3. The maximum Gasteiger partial charge on any atom is 0.341 e. The second kappa shape index (κ2) is 4.50. The average Bonchev–Trinajstić information content (AvgIpc) is 2.32. The Labute approximate surface area is 109 Å². The van der Waals surface area contributed by atoms with E-state index in [-0.39, 0.29) is 17.0 Å². The molecule has 0 fully saturated rings. The molecule has 1 aromatic carbocycles. The first-order chi connectivity index (χ1) is 8.86. The Balaban J connectivity index is 3.14. The number of carboxylic acid groups (broad SMARTS) is 1. The summed E-state index contributed by atoms with van der Waals surface area (Å²) < 4.78 is 15.0. The van der Waals surface area contributed by atoms with Crippen molar-refractivity contribution >= 4 is 16.9 Å². The van der Waals surface area contributed by atoms with Gasteiger partial charge < -0.3 is 9.67 Å². The van der Waals surface area contributed by atoms with Crippen LogP contribution < -0.4 is 5.56 Å². The van der Waals surface area contributed by atoms with E-state index in [9.17, 15) is 19.1 Å². The molecule has 0 atom stereocenters.